The molecule has 0 bridgehead atoms. The smallest absolute Gasteiger partial charge is 0.165 e. The number of amidine groups is 1. The van der Waals surface area contributed by atoms with Gasteiger partial charge in [-0.05, 0) is 38.4 Å². The van der Waals surface area contributed by atoms with Gasteiger partial charge in [-0.3, -0.25) is 9.89 Å². The monoisotopic (exact) mass is 377 g/mol. The fraction of sp³-hybridized carbons (Fsp3) is 0.650. The van der Waals surface area contributed by atoms with Gasteiger partial charge in [0.1, 0.15) is 0 Å². The number of likely N-dealkylation sites (N-methyl/N-ethyl adjacent to an activating group) is 1. The van der Waals surface area contributed by atoms with Crippen molar-refractivity contribution in [1.29, 1.82) is 0 Å². The van der Waals surface area contributed by atoms with Crippen molar-refractivity contribution in [3.05, 3.63) is 23.8 Å². The molecule has 1 saturated heterocycles. The van der Waals surface area contributed by atoms with Crippen LogP contribution in [0.2, 0.25) is 0 Å². The van der Waals surface area contributed by atoms with Gasteiger partial charge in [0.2, 0.25) is 0 Å². The first-order valence-corrected chi connectivity index (χ1v) is 10.6. The standard InChI is InChI=1S/C20H31N3O2S/c1-4-22-12-6-9-17(22)15-23(20-21-11-7-13-26-20)14-16-8-5-10-18(24-2)19(16)25-3/h5,8,10,17H,4,6-7,9,11-15H2,1-3H3. The highest BCUT2D eigenvalue weighted by Gasteiger charge is 2.28. The number of hydrogen-bond acceptors (Lipinski definition) is 6. The van der Waals surface area contributed by atoms with Crippen molar-refractivity contribution < 1.29 is 9.47 Å². The van der Waals surface area contributed by atoms with E-state index in [1.54, 1.807) is 14.2 Å². The van der Waals surface area contributed by atoms with E-state index in [0.717, 1.165) is 49.0 Å². The summed E-state index contributed by atoms with van der Waals surface area (Å²) in [6.07, 6.45) is 3.75. The third-order valence-corrected chi connectivity index (χ3v) is 6.37. The van der Waals surface area contributed by atoms with Gasteiger partial charge < -0.3 is 14.4 Å². The van der Waals surface area contributed by atoms with Gasteiger partial charge >= 0.3 is 0 Å². The summed E-state index contributed by atoms with van der Waals surface area (Å²) in [6.45, 7) is 7.38. The number of ether oxygens (including phenoxy) is 2. The lowest BCUT2D eigenvalue weighted by Gasteiger charge is -2.33. The molecule has 0 spiro atoms. The fourth-order valence-corrected chi connectivity index (χ4v) is 4.87. The lowest BCUT2D eigenvalue weighted by molar-refractivity contribution is 0.220. The van der Waals surface area contributed by atoms with E-state index in [1.165, 1.54) is 31.0 Å². The summed E-state index contributed by atoms with van der Waals surface area (Å²) in [6, 6.07) is 6.74. The van der Waals surface area contributed by atoms with Crippen LogP contribution in [0.5, 0.6) is 11.5 Å². The van der Waals surface area contributed by atoms with Gasteiger partial charge in [-0.15, -0.1) is 0 Å². The quantitative estimate of drug-likeness (QED) is 0.727. The number of aliphatic imine (C=N–C) groups is 1. The first kappa shape index (κ1) is 19.4. The molecule has 1 atom stereocenters. The van der Waals surface area contributed by atoms with Gasteiger partial charge in [0.15, 0.2) is 16.7 Å². The van der Waals surface area contributed by atoms with E-state index in [0.29, 0.717) is 6.04 Å². The molecule has 0 radical (unpaired) electrons. The molecule has 1 fully saturated rings. The molecule has 0 saturated carbocycles. The molecule has 0 aromatic heterocycles. The van der Waals surface area contributed by atoms with Gasteiger partial charge in [0.05, 0.1) is 14.2 Å². The van der Waals surface area contributed by atoms with Crippen molar-refractivity contribution in [3.8, 4) is 11.5 Å². The highest BCUT2D eigenvalue weighted by molar-refractivity contribution is 8.13. The SMILES string of the molecule is CCN1CCCC1CN(Cc1cccc(OC)c1OC)C1=NCCCS1. The molecular formula is C20H31N3O2S. The van der Waals surface area contributed by atoms with Crippen LogP contribution in [0, 0.1) is 0 Å². The van der Waals surface area contributed by atoms with Gasteiger partial charge in [-0.1, -0.05) is 30.8 Å². The summed E-state index contributed by atoms with van der Waals surface area (Å²) in [7, 11) is 3.41. The molecule has 26 heavy (non-hydrogen) atoms. The maximum atomic E-state index is 5.66. The zero-order valence-electron chi connectivity index (χ0n) is 16.2. The average Bonchev–Trinajstić information content (AvgIpc) is 3.15. The molecular weight excluding hydrogens is 346 g/mol. The minimum absolute atomic E-state index is 0.613. The Labute approximate surface area is 161 Å². The van der Waals surface area contributed by atoms with Crippen LogP contribution in [0.25, 0.3) is 0 Å². The number of thioether (sulfide) groups is 1. The van der Waals surface area contributed by atoms with Crippen LogP contribution < -0.4 is 9.47 Å². The molecule has 0 aliphatic carbocycles. The zero-order valence-corrected chi connectivity index (χ0v) is 17.1. The fourth-order valence-electron chi connectivity index (χ4n) is 3.91. The summed E-state index contributed by atoms with van der Waals surface area (Å²) in [4.78, 5) is 9.89. The Morgan fingerprint density at radius 3 is 2.85 bits per heavy atom. The molecule has 144 valence electrons. The largest absolute Gasteiger partial charge is 0.493 e. The number of benzene rings is 1. The zero-order chi connectivity index (χ0) is 18.4. The minimum Gasteiger partial charge on any atom is -0.493 e. The van der Waals surface area contributed by atoms with Crippen LogP contribution in [0.15, 0.2) is 23.2 Å². The van der Waals surface area contributed by atoms with E-state index >= 15 is 0 Å². The molecule has 0 amide bonds. The Balaban J connectivity index is 1.83. The maximum absolute atomic E-state index is 5.66. The van der Waals surface area contributed by atoms with Crippen LogP contribution in [-0.4, -0.2) is 67.2 Å². The number of likely N-dealkylation sites (tertiary alicyclic amines) is 1. The van der Waals surface area contributed by atoms with Gasteiger partial charge in [-0.2, -0.15) is 0 Å². The highest BCUT2D eigenvalue weighted by Crippen LogP contribution is 2.33. The number of hydrogen-bond donors (Lipinski definition) is 0. The minimum atomic E-state index is 0.613. The first-order chi connectivity index (χ1) is 12.8. The lowest BCUT2D eigenvalue weighted by Crippen LogP contribution is -2.42. The number of para-hydroxylation sites is 1. The Hall–Kier alpha value is -1.40. The van der Waals surface area contributed by atoms with Crippen molar-refractivity contribution in [2.75, 3.05) is 46.2 Å². The van der Waals surface area contributed by atoms with Crippen molar-refractivity contribution in [1.82, 2.24) is 9.80 Å². The van der Waals surface area contributed by atoms with Crippen molar-refractivity contribution in [2.24, 2.45) is 4.99 Å². The third-order valence-electron chi connectivity index (χ3n) is 5.23. The van der Waals surface area contributed by atoms with E-state index in [9.17, 15) is 0 Å². The molecule has 6 heteroatoms. The third kappa shape index (κ3) is 4.46. The molecule has 2 heterocycles. The van der Waals surface area contributed by atoms with E-state index in [1.807, 2.05) is 23.9 Å². The normalized spacial score (nSPS) is 20.7. The first-order valence-electron chi connectivity index (χ1n) is 9.63. The topological polar surface area (TPSA) is 37.3 Å². The number of methoxy groups -OCH3 is 2. The molecule has 1 aromatic rings. The van der Waals surface area contributed by atoms with E-state index in [-0.39, 0.29) is 0 Å². The van der Waals surface area contributed by atoms with Gasteiger partial charge in [-0.25, -0.2) is 0 Å². The van der Waals surface area contributed by atoms with E-state index in [2.05, 4.69) is 22.8 Å². The lowest BCUT2D eigenvalue weighted by atomic mass is 10.1. The second kappa shape index (κ2) is 9.51. The van der Waals surface area contributed by atoms with Crippen LogP contribution >= 0.6 is 11.8 Å². The van der Waals surface area contributed by atoms with Crippen LogP contribution in [0.4, 0.5) is 0 Å². The average molecular weight is 378 g/mol. The Morgan fingerprint density at radius 2 is 2.15 bits per heavy atom. The summed E-state index contributed by atoms with van der Waals surface area (Å²) in [5, 5.41) is 1.18. The van der Waals surface area contributed by atoms with Crippen molar-refractivity contribution in [3.63, 3.8) is 0 Å². The Bertz CT molecular complexity index is 623. The summed E-state index contributed by atoms with van der Waals surface area (Å²) < 4.78 is 11.1. The number of rotatable bonds is 7. The molecule has 1 unspecified atom stereocenters. The predicted molar refractivity (Wildman–Crippen MR) is 110 cm³/mol. The van der Waals surface area contributed by atoms with Crippen LogP contribution in [0.3, 0.4) is 0 Å². The van der Waals surface area contributed by atoms with Crippen molar-refractivity contribution in [2.45, 2.75) is 38.8 Å². The molecule has 5 nitrogen and oxygen atoms in total. The predicted octanol–water partition coefficient (Wildman–Crippen LogP) is 3.48. The molecule has 2 aliphatic heterocycles. The van der Waals surface area contributed by atoms with Gasteiger partial charge in [0, 0.05) is 37.0 Å². The van der Waals surface area contributed by atoms with Crippen LogP contribution in [-0.2, 0) is 6.54 Å². The molecule has 0 N–H and O–H groups in total. The second-order valence-electron chi connectivity index (χ2n) is 6.82. The Morgan fingerprint density at radius 1 is 1.27 bits per heavy atom. The van der Waals surface area contributed by atoms with Crippen LogP contribution in [0.1, 0.15) is 31.7 Å². The maximum Gasteiger partial charge on any atom is 0.165 e. The van der Waals surface area contributed by atoms with E-state index in [4.69, 9.17) is 14.5 Å². The molecule has 3 rings (SSSR count). The van der Waals surface area contributed by atoms with Gasteiger partial charge in [0.25, 0.3) is 0 Å². The molecule has 1 aromatic carbocycles. The molecule has 2 aliphatic rings. The summed E-state index contributed by atoms with van der Waals surface area (Å²) >= 11 is 1.89. The highest BCUT2D eigenvalue weighted by atomic mass is 32.2. The second-order valence-corrected chi connectivity index (χ2v) is 7.89. The summed E-state index contributed by atoms with van der Waals surface area (Å²) in [5.74, 6) is 2.78. The number of nitrogens with zero attached hydrogens (tertiary/aromatic N) is 3. The summed E-state index contributed by atoms with van der Waals surface area (Å²) in [5.41, 5.74) is 1.15. The van der Waals surface area contributed by atoms with Crippen molar-refractivity contribution >= 4 is 16.9 Å². The Kier molecular flexibility index (Phi) is 7.08. The van der Waals surface area contributed by atoms with E-state index < -0.39 is 0 Å².